The van der Waals surface area contributed by atoms with E-state index in [2.05, 4.69) is 19.2 Å². The van der Waals surface area contributed by atoms with Gasteiger partial charge < -0.3 is 10.1 Å². The lowest BCUT2D eigenvalue weighted by atomic mass is 10.0. The number of carbonyl (C=O) groups excluding carboxylic acids is 4. The SMILES string of the molecule is CC(C)c1ccccc1NC(=O)COc1ccc(/C=C2/SC(=O)N(CC(=O)c3ccccc3)C2=O)cc1. The Morgan fingerprint density at radius 2 is 1.62 bits per heavy atom. The summed E-state index contributed by atoms with van der Waals surface area (Å²) in [5.74, 6) is -0.307. The van der Waals surface area contributed by atoms with E-state index in [9.17, 15) is 19.2 Å². The van der Waals surface area contributed by atoms with E-state index in [1.165, 1.54) is 0 Å². The molecule has 0 radical (unpaired) electrons. The highest BCUT2D eigenvalue weighted by atomic mass is 32.2. The molecule has 3 aromatic carbocycles. The average molecular weight is 515 g/mol. The Morgan fingerprint density at radius 3 is 2.32 bits per heavy atom. The summed E-state index contributed by atoms with van der Waals surface area (Å²) < 4.78 is 5.60. The van der Waals surface area contributed by atoms with Gasteiger partial charge in [0, 0.05) is 11.3 Å². The number of ether oxygens (including phenoxy) is 1. The molecule has 1 aliphatic rings. The molecule has 1 N–H and O–H groups in total. The summed E-state index contributed by atoms with van der Waals surface area (Å²) >= 11 is 0.798. The number of rotatable bonds is 9. The summed E-state index contributed by atoms with van der Waals surface area (Å²) in [5.41, 5.74) is 2.94. The second kappa shape index (κ2) is 11.7. The number of ketones is 1. The van der Waals surface area contributed by atoms with Gasteiger partial charge in [-0.3, -0.25) is 24.1 Å². The molecule has 3 aromatic rings. The molecule has 1 saturated heterocycles. The monoisotopic (exact) mass is 514 g/mol. The van der Waals surface area contributed by atoms with Crippen molar-refractivity contribution in [3.63, 3.8) is 0 Å². The van der Waals surface area contributed by atoms with E-state index in [4.69, 9.17) is 4.74 Å². The van der Waals surface area contributed by atoms with Gasteiger partial charge in [-0.2, -0.15) is 0 Å². The summed E-state index contributed by atoms with van der Waals surface area (Å²) in [5, 5.41) is 2.40. The molecule has 1 heterocycles. The second-order valence-electron chi connectivity index (χ2n) is 8.70. The zero-order chi connectivity index (χ0) is 26.4. The highest BCUT2D eigenvalue weighted by Crippen LogP contribution is 2.32. The minimum atomic E-state index is -0.502. The largest absolute Gasteiger partial charge is 0.484 e. The van der Waals surface area contributed by atoms with Crippen LogP contribution < -0.4 is 10.1 Å². The molecule has 7 nitrogen and oxygen atoms in total. The molecule has 3 amide bonds. The Bertz CT molecular complexity index is 1350. The third-order valence-electron chi connectivity index (χ3n) is 5.68. The lowest BCUT2D eigenvalue weighted by Crippen LogP contribution is -2.33. The first kappa shape index (κ1) is 25.9. The number of hydrogen-bond donors (Lipinski definition) is 1. The molecule has 0 spiro atoms. The van der Waals surface area contributed by atoms with Crippen LogP contribution in [0.25, 0.3) is 6.08 Å². The first-order chi connectivity index (χ1) is 17.8. The number of Topliss-reactive ketones (excluding diaryl/α,β-unsaturated/α-hetero) is 1. The van der Waals surface area contributed by atoms with E-state index in [0.717, 1.165) is 27.9 Å². The summed E-state index contributed by atoms with van der Waals surface area (Å²) in [6.07, 6.45) is 1.59. The average Bonchev–Trinajstić information content (AvgIpc) is 3.16. The lowest BCUT2D eigenvalue weighted by molar-refractivity contribution is -0.122. The molecule has 37 heavy (non-hydrogen) atoms. The maximum absolute atomic E-state index is 12.7. The number of hydrogen-bond acceptors (Lipinski definition) is 6. The van der Waals surface area contributed by atoms with Gasteiger partial charge in [0.25, 0.3) is 17.1 Å². The smallest absolute Gasteiger partial charge is 0.293 e. The number of anilines is 1. The van der Waals surface area contributed by atoms with Crippen LogP contribution in [0.5, 0.6) is 5.75 Å². The van der Waals surface area contributed by atoms with Crippen molar-refractivity contribution in [2.75, 3.05) is 18.5 Å². The molecule has 4 rings (SSSR count). The van der Waals surface area contributed by atoms with Crippen LogP contribution in [0.2, 0.25) is 0 Å². The fourth-order valence-electron chi connectivity index (χ4n) is 3.76. The summed E-state index contributed by atoms with van der Waals surface area (Å²) in [6, 6.07) is 23.0. The third-order valence-corrected chi connectivity index (χ3v) is 6.58. The van der Waals surface area contributed by atoms with Crippen molar-refractivity contribution in [2.24, 2.45) is 0 Å². The van der Waals surface area contributed by atoms with Gasteiger partial charge in [-0.15, -0.1) is 0 Å². The van der Waals surface area contributed by atoms with Crippen LogP contribution in [0.3, 0.4) is 0 Å². The van der Waals surface area contributed by atoms with E-state index >= 15 is 0 Å². The molecule has 0 bridgehead atoms. The molecule has 188 valence electrons. The maximum atomic E-state index is 12.7. The van der Waals surface area contributed by atoms with Gasteiger partial charge in [-0.05, 0) is 53.1 Å². The van der Waals surface area contributed by atoms with Gasteiger partial charge in [-0.25, -0.2) is 0 Å². The molecule has 0 atom stereocenters. The van der Waals surface area contributed by atoms with E-state index in [-0.39, 0.29) is 35.7 Å². The molecular formula is C29H26N2O5S. The van der Waals surface area contributed by atoms with Crippen molar-refractivity contribution in [1.82, 2.24) is 4.90 Å². The lowest BCUT2D eigenvalue weighted by Gasteiger charge is -2.14. The molecule has 0 saturated carbocycles. The Kier molecular flexibility index (Phi) is 8.20. The predicted molar refractivity (Wildman–Crippen MR) is 145 cm³/mol. The number of amides is 3. The van der Waals surface area contributed by atoms with E-state index in [0.29, 0.717) is 16.9 Å². The third kappa shape index (κ3) is 6.54. The zero-order valence-electron chi connectivity index (χ0n) is 20.5. The summed E-state index contributed by atoms with van der Waals surface area (Å²) in [7, 11) is 0. The molecule has 0 aliphatic carbocycles. The maximum Gasteiger partial charge on any atom is 0.293 e. The van der Waals surface area contributed by atoms with E-state index < -0.39 is 11.1 Å². The Balaban J connectivity index is 1.33. The van der Waals surface area contributed by atoms with Crippen LogP contribution in [-0.2, 0) is 9.59 Å². The van der Waals surface area contributed by atoms with Crippen LogP contribution in [0.1, 0.15) is 41.3 Å². The zero-order valence-corrected chi connectivity index (χ0v) is 21.3. The van der Waals surface area contributed by atoms with Crippen molar-refractivity contribution in [3.8, 4) is 5.75 Å². The summed E-state index contributed by atoms with van der Waals surface area (Å²) in [6.45, 7) is 3.67. The van der Waals surface area contributed by atoms with Crippen molar-refractivity contribution in [2.45, 2.75) is 19.8 Å². The van der Waals surface area contributed by atoms with Crippen molar-refractivity contribution in [1.29, 1.82) is 0 Å². The van der Waals surface area contributed by atoms with Crippen LogP contribution in [0, 0.1) is 0 Å². The normalized spacial score (nSPS) is 14.4. The van der Waals surface area contributed by atoms with Crippen LogP contribution >= 0.6 is 11.8 Å². The van der Waals surface area contributed by atoms with Crippen molar-refractivity contribution >= 4 is 46.4 Å². The number of benzene rings is 3. The molecule has 0 unspecified atom stereocenters. The quantitative estimate of drug-likeness (QED) is 0.289. The van der Waals surface area contributed by atoms with Crippen LogP contribution in [-0.4, -0.2) is 40.9 Å². The number of nitrogens with zero attached hydrogens (tertiary/aromatic N) is 1. The molecule has 0 aromatic heterocycles. The molecule has 8 heteroatoms. The van der Waals surface area contributed by atoms with Gasteiger partial charge in [-0.1, -0.05) is 74.5 Å². The number of nitrogens with one attached hydrogen (secondary N) is 1. The number of thioether (sulfide) groups is 1. The van der Waals surface area contributed by atoms with Gasteiger partial charge in [0.2, 0.25) is 0 Å². The van der Waals surface area contributed by atoms with E-state index in [1.54, 1.807) is 60.7 Å². The number of imide groups is 1. The standard InChI is InChI=1S/C29H26N2O5S/c1-19(2)23-10-6-7-11-24(23)30-27(33)18-36-22-14-12-20(13-15-22)16-26-28(34)31(29(35)37-26)17-25(32)21-8-4-3-5-9-21/h3-16,19H,17-18H2,1-2H3,(H,30,33)/b26-16+. The number of carbonyl (C=O) groups is 4. The molecular weight excluding hydrogens is 488 g/mol. The van der Waals surface area contributed by atoms with Crippen molar-refractivity contribution < 1.29 is 23.9 Å². The first-order valence-corrected chi connectivity index (χ1v) is 12.6. The Labute approximate surface area is 219 Å². The molecule has 1 aliphatic heterocycles. The fourth-order valence-corrected chi connectivity index (χ4v) is 4.59. The van der Waals surface area contributed by atoms with Gasteiger partial charge in [0.1, 0.15) is 5.75 Å². The van der Waals surface area contributed by atoms with Gasteiger partial charge in [0.05, 0.1) is 11.4 Å². The Hall–Kier alpha value is -4.17. The van der Waals surface area contributed by atoms with Gasteiger partial charge >= 0.3 is 0 Å². The molecule has 1 fully saturated rings. The highest BCUT2D eigenvalue weighted by Gasteiger charge is 2.36. The second-order valence-corrected chi connectivity index (χ2v) is 9.70. The minimum Gasteiger partial charge on any atom is -0.484 e. The summed E-state index contributed by atoms with van der Waals surface area (Å²) in [4.78, 5) is 51.1. The highest BCUT2D eigenvalue weighted by molar-refractivity contribution is 8.18. The van der Waals surface area contributed by atoms with Crippen molar-refractivity contribution in [3.05, 3.63) is 100 Å². The Morgan fingerprint density at radius 1 is 0.946 bits per heavy atom. The number of para-hydroxylation sites is 1. The topological polar surface area (TPSA) is 92.8 Å². The van der Waals surface area contributed by atoms with Gasteiger partial charge in [0.15, 0.2) is 12.4 Å². The van der Waals surface area contributed by atoms with E-state index in [1.807, 2.05) is 24.3 Å². The first-order valence-electron chi connectivity index (χ1n) is 11.8. The minimum absolute atomic E-state index is 0.153. The fraction of sp³-hybridized carbons (Fsp3) is 0.172. The van der Waals surface area contributed by atoms with Crippen LogP contribution in [0.4, 0.5) is 10.5 Å². The van der Waals surface area contributed by atoms with Crippen LogP contribution in [0.15, 0.2) is 83.8 Å². The predicted octanol–water partition coefficient (Wildman–Crippen LogP) is 5.75.